The maximum Gasteiger partial charge on any atom is 0.231 e. The van der Waals surface area contributed by atoms with Gasteiger partial charge in [-0.2, -0.15) is 0 Å². The SMILES string of the molecule is CC(C)n1ccnc1C1CCCN(C(=O)C2CCN(CC(N)=O)CC2)C1. The van der Waals surface area contributed by atoms with E-state index in [2.05, 4.69) is 23.4 Å². The molecule has 7 heteroatoms. The largest absolute Gasteiger partial charge is 0.369 e. The minimum absolute atomic E-state index is 0.0720. The first kappa shape index (κ1) is 18.9. The standard InChI is InChI=1S/C19H31N5O2/c1-14(2)24-11-7-21-18(24)16-4-3-8-23(12-16)19(26)15-5-9-22(10-6-15)13-17(20)25/h7,11,14-16H,3-6,8-10,12-13H2,1-2H3,(H2,20,25). The van der Waals surface area contributed by atoms with Gasteiger partial charge in [0.05, 0.1) is 6.54 Å². The van der Waals surface area contributed by atoms with Crippen molar-refractivity contribution in [2.24, 2.45) is 11.7 Å². The van der Waals surface area contributed by atoms with E-state index in [1.165, 1.54) is 0 Å². The van der Waals surface area contributed by atoms with Crippen LogP contribution in [0.2, 0.25) is 0 Å². The van der Waals surface area contributed by atoms with Crippen LogP contribution in [0.4, 0.5) is 0 Å². The molecule has 7 nitrogen and oxygen atoms in total. The number of imidazole rings is 1. The van der Waals surface area contributed by atoms with Crippen LogP contribution in [-0.2, 0) is 9.59 Å². The molecule has 2 amide bonds. The maximum absolute atomic E-state index is 13.0. The van der Waals surface area contributed by atoms with Crippen molar-refractivity contribution in [3.63, 3.8) is 0 Å². The van der Waals surface area contributed by atoms with Crippen LogP contribution in [0, 0.1) is 5.92 Å². The summed E-state index contributed by atoms with van der Waals surface area (Å²) in [5.41, 5.74) is 5.27. The maximum atomic E-state index is 13.0. The van der Waals surface area contributed by atoms with E-state index in [0.717, 1.165) is 57.7 Å². The van der Waals surface area contributed by atoms with E-state index in [4.69, 9.17) is 5.73 Å². The highest BCUT2D eigenvalue weighted by molar-refractivity contribution is 5.79. The number of piperidine rings is 2. The van der Waals surface area contributed by atoms with E-state index in [0.29, 0.717) is 18.5 Å². The third-order valence-electron chi connectivity index (χ3n) is 5.67. The van der Waals surface area contributed by atoms with Crippen LogP contribution in [0.1, 0.15) is 57.3 Å². The zero-order valence-corrected chi connectivity index (χ0v) is 15.9. The van der Waals surface area contributed by atoms with Crippen LogP contribution in [0.5, 0.6) is 0 Å². The first-order valence-corrected chi connectivity index (χ1v) is 9.78. The predicted octanol–water partition coefficient (Wildman–Crippen LogP) is 1.37. The number of nitrogens with zero attached hydrogens (tertiary/aromatic N) is 4. The molecule has 1 atom stereocenters. The summed E-state index contributed by atoms with van der Waals surface area (Å²) in [5.74, 6) is 1.47. The predicted molar refractivity (Wildman–Crippen MR) is 99.5 cm³/mol. The summed E-state index contributed by atoms with van der Waals surface area (Å²) in [6.07, 6.45) is 7.65. The Labute approximate surface area is 155 Å². The molecular weight excluding hydrogens is 330 g/mol. The summed E-state index contributed by atoms with van der Waals surface area (Å²) < 4.78 is 2.22. The van der Waals surface area contributed by atoms with Gasteiger partial charge in [-0.1, -0.05) is 0 Å². The van der Waals surface area contributed by atoms with Crippen molar-refractivity contribution in [3.05, 3.63) is 18.2 Å². The Balaban J connectivity index is 1.58. The second-order valence-electron chi connectivity index (χ2n) is 7.93. The summed E-state index contributed by atoms with van der Waals surface area (Å²) >= 11 is 0. The number of carbonyl (C=O) groups excluding carboxylic acids is 2. The topological polar surface area (TPSA) is 84.5 Å². The number of likely N-dealkylation sites (tertiary alicyclic amines) is 2. The van der Waals surface area contributed by atoms with Crippen molar-refractivity contribution in [2.45, 2.75) is 51.5 Å². The zero-order chi connectivity index (χ0) is 18.7. The van der Waals surface area contributed by atoms with Crippen LogP contribution < -0.4 is 5.73 Å². The summed E-state index contributed by atoms with van der Waals surface area (Å²) in [5, 5.41) is 0. The molecule has 1 unspecified atom stereocenters. The van der Waals surface area contributed by atoms with Crippen molar-refractivity contribution in [2.75, 3.05) is 32.7 Å². The summed E-state index contributed by atoms with van der Waals surface area (Å²) in [7, 11) is 0. The number of nitrogens with two attached hydrogens (primary N) is 1. The molecule has 0 aromatic carbocycles. The van der Waals surface area contributed by atoms with Gasteiger partial charge in [-0.3, -0.25) is 14.5 Å². The molecule has 0 radical (unpaired) electrons. The van der Waals surface area contributed by atoms with E-state index in [1.54, 1.807) is 0 Å². The zero-order valence-electron chi connectivity index (χ0n) is 15.9. The van der Waals surface area contributed by atoms with E-state index >= 15 is 0 Å². The number of aromatic nitrogens is 2. The first-order valence-electron chi connectivity index (χ1n) is 9.78. The van der Waals surface area contributed by atoms with Crippen molar-refractivity contribution >= 4 is 11.8 Å². The lowest BCUT2D eigenvalue weighted by Gasteiger charge is -2.37. The Morgan fingerprint density at radius 1 is 1.23 bits per heavy atom. The molecule has 26 heavy (non-hydrogen) atoms. The van der Waals surface area contributed by atoms with E-state index < -0.39 is 0 Å². The number of amides is 2. The third kappa shape index (κ3) is 4.26. The second-order valence-corrected chi connectivity index (χ2v) is 7.93. The van der Waals surface area contributed by atoms with Gasteiger partial charge in [-0.25, -0.2) is 4.98 Å². The molecule has 2 fully saturated rings. The van der Waals surface area contributed by atoms with E-state index in [1.807, 2.05) is 22.2 Å². The summed E-state index contributed by atoms with van der Waals surface area (Å²) in [6.45, 7) is 7.78. The van der Waals surface area contributed by atoms with Gasteiger partial charge < -0.3 is 15.2 Å². The van der Waals surface area contributed by atoms with Gasteiger partial charge in [0.2, 0.25) is 11.8 Å². The van der Waals surface area contributed by atoms with E-state index in [9.17, 15) is 9.59 Å². The minimum Gasteiger partial charge on any atom is -0.369 e. The van der Waals surface area contributed by atoms with Crippen LogP contribution in [0.3, 0.4) is 0 Å². The van der Waals surface area contributed by atoms with Crippen LogP contribution in [0.15, 0.2) is 12.4 Å². The average Bonchev–Trinajstić information content (AvgIpc) is 3.11. The number of carbonyl (C=O) groups is 2. The van der Waals surface area contributed by atoms with Crippen molar-refractivity contribution < 1.29 is 9.59 Å². The highest BCUT2D eigenvalue weighted by Gasteiger charge is 2.33. The molecule has 2 N–H and O–H groups in total. The fraction of sp³-hybridized carbons (Fsp3) is 0.737. The molecule has 3 rings (SSSR count). The first-order chi connectivity index (χ1) is 12.5. The fourth-order valence-electron chi connectivity index (χ4n) is 4.28. The molecule has 1 aromatic rings. The Bertz CT molecular complexity index is 634. The molecular formula is C19H31N5O2. The molecule has 0 spiro atoms. The Morgan fingerprint density at radius 3 is 2.62 bits per heavy atom. The fourth-order valence-corrected chi connectivity index (χ4v) is 4.28. The normalized spacial score (nSPS) is 22.7. The quantitative estimate of drug-likeness (QED) is 0.858. The molecule has 3 heterocycles. The number of hydrogen-bond donors (Lipinski definition) is 1. The molecule has 2 saturated heterocycles. The number of primary amides is 1. The van der Waals surface area contributed by atoms with Crippen molar-refractivity contribution in [3.8, 4) is 0 Å². The molecule has 0 saturated carbocycles. The van der Waals surface area contributed by atoms with Crippen molar-refractivity contribution in [1.82, 2.24) is 19.4 Å². The summed E-state index contributed by atoms with van der Waals surface area (Å²) in [6, 6.07) is 0.383. The highest BCUT2D eigenvalue weighted by Crippen LogP contribution is 2.29. The smallest absolute Gasteiger partial charge is 0.231 e. The van der Waals surface area contributed by atoms with Gasteiger partial charge in [-0.05, 0) is 52.6 Å². The van der Waals surface area contributed by atoms with Gasteiger partial charge in [0.1, 0.15) is 5.82 Å². The van der Waals surface area contributed by atoms with Crippen LogP contribution in [-0.4, -0.2) is 63.9 Å². The Kier molecular flexibility index (Phi) is 5.96. The number of hydrogen-bond acceptors (Lipinski definition) is 4. The molecule has 0 bridgehead atoms. The molecule has 144 valence electrons. The van der Waals surface area contributed by atoms with Gasteiger partial charge in [0.15, 0.2) is 0 Å². The number of rotatable bonds is 5. The monoisotopic (exact) mass is 361 g/mol. The van der Waals surface area contributed by atoms with Crippen molar-refractivity contribution in [1.29, 1.82) is 0 Å². The highest BCUT2D eigenvalue weighted by atomic mass is 16.2. The van der Waals surface area contributed by atoms with Gasteiger partial charge >= 0.3 is 0 Å². The minimum atomic E-state index is -0.297. The Hall–Kier alpha value is -1.89. The molecule has 1 aromatic heterocycles. The third-order valence-corrected chi connectivity index (χ3v) is 5.67. The van der Waals surface area contributed by atoms with Crippen LogP contribution >= 0.6 is 0 Å². The average molecular weight is 361 g/mol. The lowest BCUT2D eigenvalue weighted by Crippen LogP contribution is -2.47. The Morgan fingerprint density at radius 2 is 1.96 bits per heavy atom. The second kappa shape index (κ2) is 8.20. The van der Waals surface area contributed by atoms with Gasteiger partial charge in [-0.15, -0.1) is 0 Å². The van der Waals surface area contributed by atoms with Gasteiger partial charge in [0, 0.05) is 43.4 Å². The van der Waals surface area contributed by atoms with Gasteiger partial charge in [0.25, 0.3) is 0 Å². The summed E-state index contributed by atoms with van der Waals surface area (Å²) in [4.78, 5) is 32.7. The van der Waals surface area contributed by atoms with E-state index in [-0.39, 0.29) is 17.7 Å². The van der Waals surface area contributed by atoms with Crippen LogP contribution in [0.25, 0.3) is 0 Å². The molecule has 2 aliphatic rings. The molecule has 2 aliphatic heterocycles. The lowest BCUT2D eigenvalue weighted by atomic mass is 9.91. The molecule has 0 aliphatic carbocycles. The lowest BCUT2D eigenvalue weighted by molar-refractivity contribution is -0.138.